The maximum atomic E-state index is 7.21. The summed E-state index contributed by atoms with van der Waals surface area (Å²) >= 11 is 0. The van der Waals surface area contributed by atoms with Gasteiger partial charge in [0.05, 0.1) is 17.9 Å². The van der Waals surface area contributed by atoms with Crippen LogP contribution in [0, 0.1) is 12.1 Å². The van der Waals surface area contributed by atoms with Crippen LogP contribution in [0.4, 0.5) is 0 Å². The number of benzene rings is 8. The van der Waals surface area contributed by atoms with E-state index in [9.17, 15) is 0 Å². The van der Waals surface area contributed by atoms with Crippen LogP contribution in [0.25, 0.3) is 77.4 Å². The summed E-state index contributed by atoms with van der Waals surface area (Å²) in [5.74, 6) is 2.84. The molecule has 3 aromatic heterocycles. The van der Waals surface area contributed by atoms with Gasteiger partial charge in [-0.1, -0.05) is 162 Å². The second-order valence-electron chi connectivity index (χ2n) is 20.2. The maximum Gasteiger partial charge on any atom is 2.00 e. The van der Waals surface area contributed by atoms with Crippen LogP contribution in [-0.4, -0.2) is 19.4 Å². The molecule has 13 rings (SSSR count). The molecule has 0 radical (unpaired) electrons. The average Bonchev–Trinajstić information content (AvgIpc) is 4.06. The van der Waals surface area contributed by atoms with Crippen molar-refractivity contribution in [3.05, 3.63) is 217 Å². The van der Waals surface area contributed by atoms with E-state index >= 15 is 0 Å². The molecule has 0 atom stereocenters. The Kier molecular flexibility index (Phi) is 10.0. The number of pyridine rings is 1. The quantitative estimate of drug-likeness (QED) is 0.118. The van der Waals surface area contributed by atoms with Gasteiger partial charge in [0.2, 0.25) is 0 Å². The smallest absolute Gasteiger partial charge is 0.509 e. The van der Waals surface area contributed by atoms with Crippen LogP contribution >= 0.6 is 0 Å². The van der Waals surface area contributed by atoms with E-state index < -0.39 is 0 Å². The van der Waals surface area contributed by atoms with Gasteiger partial charge in [0.1, 0.15) is 11.5 Å². The Balaban J connectivity index is 0.00000505. The molecule has 8 aromatic carbocycles. The van der Waals surface area contributed by atoms with Crippen LogP contribution < -0.4 is 9.47 Å². The van der Waals surface area contributed by atoms with Crippen molar-refractivity contribution in [3.8, 4) is 73.2 Å². The van der Waals surface area contributed by atoms with Crippen LogP contribution in [-0.2, 0) is 37.3 Å². The van der Waals surface area contributed by atoms with Gasteiger partial charge >= 0.3 is 21.1 Å². The Bertz CT molecular complexity index is 3830. The number of ether oxygens (including phenoxy) is 2. The van der Waals surface area contributed by atoms with Crippen molar-refractivity contribution in [3.63, 3.8) is 0 Å². The number of hydrogen-bond donors (Lipinski definition) is 0. The van der Waals surface area contributed by atoms with E-state index in [0.29, 0.717) is 11.5 Å². The Labute approximate surface area is 422 Å². The molecule has 1 aliphatic heterocycles. The monoisotopic (exact) mass is 1090 g/mol. The summed E-state index contributed by atoms with van der Waals surface area (Å²) in [6, 6.07) is 64.8. The van der Waals surface area contributed by atoms with Gasteiger partial charge in [-0.3, -0.25) is 9.20 Å². The second kappa shape index (κ2) is 16.0. The fourth-order valence-electron chi connectivity index (χ4n) is 11.0. The third-order valence-corrected chi connectivity index (χ3v) is 15.5. The summed E-state index contributed by atoms with van der Waals surface area (Å²) in [6.45, 7) is 13.9. The average molecular weight is 1090 g/mol. The minimum absolute atomic E-state index is 0. The van der Waals surface area contributed by atoms with Crippen molar-refractivity contribution in [2.24, 2.45) is 0 Å². The van der Waals surface area contributed by atoms with Crippen molar-refractivity contribution in [1.82, 2.24) is 19.4 Å². The van der Waals surface area contributed by atoms with Gasteiger partial charge in [-0.05, 0) is 73.6 Å². The van der Waals surface area contributed by atoms with E-state index in [4.69, 9.17) is 19.7 Å². The summed E-state index contributed by atoms with van der Waals surface area (Å²) in [6.07, 6.45) is 5.99. The molecule has 0 unspecified atom stereocenters. The molecule has 11 aromatic rings. The molecule has 4 heterocycles. The van der Waals surface area contributed by atoms with Crippen LogP contribution in [0.5, 0.6) is 23.0 Å². The molecule has 0 bridgehead atoms. The van der Waals surface area contributed by atoms with E-state index in [-0.39, 0.29) is 37.3 Å². The molecular weight excluding hydrogens is 1040 g/mol. The minimum atomic E-state index is -0.353. The van der Waals surface area contributed by atoms with Gasteiger partial charge in [0.25, 0.3) is 0 Å². The number of para-hydroxylation sites is 2. The molecular formula is C63H48N4O2Pt. The summed E-state index contributed by atoms with van der Waals surface area (Å²) < 4.78 is 17.7. The number of nitrogens with zero attached hydrogens (tertiary/aromatic N) is 4. The number of fused-ring (bicyclic) bond motifs is 5. The third-order valence-electron chi connectivity index (χ3n) is 15.5. The second-order valence-corrected chi connectivity index (χ2v) is 20.2. The van der Waals surface area contributed by atoms with Crippen LogP contribution in [0.15, 0.2) is 182 Å². The van der Waals surface area contributed by atoms with E-state index in [2.05, 4.69) is 198 Å². The van der Waals surface area contributed by atoms with Crippen LogP contribution in [0.1, 0.15) is 63.8 Å². The van der Waals surface area contributed by atoms with Gasteiger partial charge < -0.3 is 9.47 Å². The van der Waals surface area contributed by atoms with E-state index in [1.54, 1.807) is 0 Å². The predicted molar refractivity (Wildman–Crippen MR) is 278 cm³/mol. The molecule has 0 amide bonds. The van der Waals surface area contributed by atoms with Crippen molar-refractivity contribution in [2.45, 2.75) is 57.8 Å². The normalized spacial score (nSPS) is 14.8. The Hall–Kier alpha value is -7.53. The van der Waals surface area contributed by atoms with Gasteiger partial charge in [-0.15, -0.1) is 35.7 Å². The molecule has 0 N–H and O–H groups in total. The van der Waals surface area contributed by atoms with Crippen molar-refractivity contribution < 1.29 is 30.5 Å². The van der Waals surface area contributed by atoms with E-state index in [0.717, 1.165) is 78.1 Å². The van der Waals surface area contributed by atoms with Gasteiger partial charge in [0.15, 0.2) is 0 Å². The molecule has 70 heavy (non-hydrogen) atoms. The summed E-state index contributed by atoms with van der Waals surface area (Å²) in [4.78, 5) is 0. The summed E-state index contributed by atoms with van der Waals surface area (Å²) in [5.41, 5.74) is 15.8. The molecule has 0 spiro atoms. The molecule has 6 nitrogen and oxygen atoms in total. The minimum Gasteiger partial charge on any atom is -0.509 e. The molecule has 7 heteroatoms. The first kappa shape index (κ1) is 43.7. The van der Waals surface area contributed by atoms with Gasteiger partial charge in [-0.25, -0.2) is 0 Å². The summed E-state index contributed by atoms with van der Waals surface area (Å²) in [5, 5.41) is 13.4. The van der Waals surface area contributed by atoms with Crippen molar-refractivity contribution >= 4 is 27.2 Å². The Morgan fingerprint density at radius 3 is 1.76 bits per heavy atom. The van der Waals surface area contributed by atoms with Gasteiger partial charge in [0, 0.05) is 61.9 Å². The fourth-order valence-corrected chi connectivity index (χ4v) is 11.0. The third kappa shape index (κ3) is 6.57. The van der Waals surface area contributed by atoms with Crippen molar-refractivity contribution in [2.75, 3.05) is 0 Å². The SMILES string of the molecule is CC1(C)c2cccc(-c3cc(-c4ccccc4)cc(-c4ccccc4)c3)c2Oc2c(-c3cnn(-c4[c-]c(Oc5[c-]c6c(cc5)c5cccc7c5c5c(cnn65)C(C)(C)C7(C)C)ccc4)c3)cccc21.[Pt+2]. The molecule has 0 saturated heterocycles. The standard InChI is InChI=1S/C63H48N4O2.Pt/c1-61(2)53-27-14-23-48(43-32-41(39-17-9-7-10-18-39)31-42(33-43)40-19-11-8-12-20-40)59(53)69-60-49(24-15-28-54(60)61)44-36-64-66(38-44)45-21-13-22-46(34-45)68-47-29-30-50-51-25-16-26-52-57(51)58-55(63(5,6)62(52,3)4)37-65-67(58)56(50)35-47;/h7-33,36-38H,1-6H3;/q-2;+2. The molecule has 1 aliphatic carbocycles. The zero-order chi connectivity index (χ0) is 46.8. The largest absolute Gasteiger partial charge is 2.00 e. The van der Waals surface area contributed by atoms with E-state index in [1.807, 2.05) is 47.5 Å². The molecule has 342 valence electrons. The maximum absolute atomic E-state index is 7.21. The Morgan fingerprint density at radius 2 is 1.07 bits per heavy atom. The molecule has 0 fully saturated rings. The van der Waals surface area contributed by atoms with Crippen LogP contribution in [0.2, 0.25) is 0 Å². The first-order valence-corrected chi connectivity index (χ1v) is 23.7. The first-order chi connectivity index (χ1) is 33.5. The van der Waals surface area contributed by atoms with Crippen LogP contribution in [0.3, 0.4) is 0 Å². The first-order valence-electron chi connectivity index (χ1n) is 23.7. The predicted octanol–water partition coefficient (Wildman–Crippen LogP) is 15.9. The zero-order valence-electron chi connectivity index (χ0n) is 39.7. The molecule has 2 aliphatic rings. The summed E-state index contributed by atoms with van der Waals surface area (Å²) in [7, 11) is 0. The Morgan fingerprint density at radius 1 is 0.486 bits per heavy atom. The van der Waals surface area contributed by atoms with Crippen molar-refractivity contribution in [1.29, 1.82) is 0 Å². The van der Waals surface area contributed by atoms with Gasteiger partial charge in [-0.2, -0.15) is 22.3 Å². The fraction of sp³-hybridized carbons (Fsp3) is 0.143. The topological polar surface area (TPSA) is 53.6 Å². The van der Waals surface area contributed by atoms with E-state index in [1.165, 1.54) is 33.0 Å². The number of hydrogen-bond acceptors (Lipinski definition) is 4. The molecule has 0 saturated carbocycles. The number of aromatic nitrogens is 4. The number of rotatable bonds is 7. The zero-order valence-corrected chi connectivity index (χ0v) is 42.0.